The van der Waals surface area contributed by atoms with Crippen molar-refractivity contribution in [2.75, 3.05) is 12.3 Å². The van der Waals surface area contributed by atoms with Crippen LogP contribution < -0.4 is 10.6 Å². The number of benzene rings is 1. The minimum absolute atomic E-state index is 0.0903. The van der Waals surface area contributed by atoms with Gasteiger partial charge < -0.3 is 10.6 Å². The normalized spacial score (nSPS) is 12.4. The summed E-state index contributed by atoms with van der Waals surface area (Å²) in [6.45, 7) is 9.31. The largest absolute Gasteiger partial charge is 0.353 e. The Kier molecular flexibility index (Phi) is 7.70. The van der Waals surface area contributed by atoms with Crippen LogP contribution in [0.4, 0.5) is 0 Å². The third kappa shape index (κ3) is 6.44. The molecule has 4 heteroatoms. The first-order valence-corrected chi connectivity index (χ1v) is 8.27. The van der Waals surface area contributed by atoms with Crippen LogP contribution in [-0.2, 0) is 4.79 Å². The zero-order chi connectivity index (χ0) is 15.0. The van der Waals surface area contributed by atoms with Crippen LogP contribution in [0.15, 0.2) is 29.2 Å². The highest BCUT2D eigenvalue weighted by atomic mass is 32.2. The second kappa shape index (κ2) is 9.03. The number of hydrogen-bond acceptors (Lipinski definition) is 3. The Morgan fingerprint density at radius 2 is 2.05 bits per heavy atom. The monoisotopic (exact) mass is 294 g/mol. The van der Waals surface area contributed by atoms with Crippen molar-refractivity contribution in [2.24, 2.45) is 0 Å². The van der Waals surface area contributed by atoms with Crippen LogP contribution in [0.1, 0.15) is 45.7 Å². The first-order chi connectivity index (χ1) is 9.52. The molecule has 1 atom stereocenters. The molecule has 0 heterocycles. The van der Waals surface area contributed by atoms with Crippen molar-refractivity contribution in [3.63, 3.8) is 0 Å². The molecule has 0 radical (unpaired) electrons. The lowest BCUT2D eigenvalue weighted by molar-refractivity contribution is -0.119. The molecule has 0 aliphatic rings. The molecule has 1 rings (SSSR count). The summed E-state index contributed by atoms with van der Waals surface area (Å²) in [7, 11) is 0. The number of nitrogens with one attached hydrogen (secondary N) is 2. The van der Waals surface area contributed by atoms with Gasteiger partial charge in [0.1, 0.15) is 0 Å². The molecule has 1 amide bonds. The van der Waals surface area contributed by atoms with Gasteiger partial charge in [-0.2, -0.15) is 0 Å². The molecule has 0 saturated carbocycles. The fourth-order valence-corrected chi connectivity index (χ4v) is 2.64. The number of carbonyl (C=O) groups is 1. The van der Waals surface area contributed by atoms with E-state index in [0.717, 1.165) is 17.9 Å². The Morgan fingerprint density at radius 3 is 2.70 bits per heavy atom. The molecule has 0 bridgehead atoms. The molecule has 20 heavy (non-hydrogen) atoms. The van der Waals surface area contributed by atoms with E-state index < -0.39 is 0 Å². The van der Waals surface area contributed by atoms with Crippen molar-refractivity contribution in [1.82, 2.24) is 10.6 Å². The third-order valence-corrected chi connectivity index (χ3v) is 3.87. The Balaban J connectivity index is 2.53. The van der Waals surface area contributed by atoms with Gasteiger partial charge in [0.25, 0.3) is 0 Å². The van der Waals surface area contributed by atoms with Gasteiger partial charge in [0, 0.05) is 17.0 Å². The third-order valence-electron chi connectivity index (χ3n) is 2.88. The smallest absolute Gasteiger partial charge is 0.230 e. The number of hydrogen-bond donors (Lipinski definition) is 2. The lowest BCUT2D eigenvalue weighted by Gasteiger charge is -2.14. The van der Waals surface area contributed by atoms with Crippen molar-refractivity contribution in [3.8, 4) is 0 Å². The number of amides is 1. The van der Waals surface area contributed by atoms with E-state index in [9.17, 15) is 4.79 Å². The average Bonchev–Trinajstić information content (AvgIpc) is 2.42. The van der Waals surface area contributed by atoms with E-state index in [1.807, 2.05) is 13.8 Å². The van der Waals surface area contributed by atoms with Gasteiger partial charge in [-0.25, -0.2) is 0 Å². The van der Waals surface area contributed by atoms with Crippen LogP contribution in [0.3, 0.4) is 0 Å². The lowest BCUT2D eigenvalue weighted by atomic mass is 10.1. The summed E-state index contributed by atoms with van der Waals surface area (Å²) >= 11 is 1.59. The van der Waals surface area contributed by atoms with E-state index in [1.54, 1.807) is 11.8 Å². The van der Waals surface area contributed by atoms with Gasteiger partial charge in [-0.15, -0.1) is 11.8 Å². The molecule has 2 N–H and O–H groups in total. The summed E-state index contributed by atoms with van der Waals surface area (Å²) in [6.07, 6.45) is 1.13. The molecule has 1 aromatic carbocycles. The van der Waals surface area contributed by atoms with E-state index in [-0.39, 0.29) is 11.9 Å². The molecule has 0 aliphatic heterocycles. The Hall–Kier alpha value is -1.00. The molecule has 112 valence electrons. The van der Waals surface area contributed by atoms with Gasteiger partial charge in [0.2, 0.25) is 5.91 Å². The maximum Gasteiger partial charge on any atom is 0.230 e. The second-order valence-electron chi connectivity index (χ2n) is 5.26. The van der Waals surface area contributed by atoms with E-state index in [1.165, 1.54) is 5.56 Å². The minimum atomic E-state index is 0.0903. The second-order valence-corrected chi connectivity index (χ2v) is 6.31. The van der Waals surface area contributed by atoms with E-state index in [2.05, 4.69) is 48.7 Å². The van der Waals surface area contributed by atoms with E-state index in [4.69, 9.17) is 0 Å². The summed E-state index contributed by atoms with van der Waals surface area (Å²) in [4.78, 5) is 12.8. The lowest BCUT2D eigenvalue weighted by Crippen LogP contribution is -2.31. The van der Waals surface area contributed by atoms with Gasteiger partial charge >= 0.3 is 0 Å². The maximum absolute atomic E-state index is 11.6. The Bertz CT molecular complexity index is 421. The van der Waals surface area contributed by atoms with E-state index >= 15 is 0 Å². The molecule has 0 aliphatic carbocycles. The Morgan fingerprint density at radius 1 is 1.30 bits per heavy atom. The number of thioether (sulfide) groups is 1. The molecular weight excluding hydrogens is 268 g/mol. The van der Waals surface area contributed by atoms with E-state index in [0.29, 0.717) is 11.8 Å². The van der Waals surface area contributed by atoms with Crippen molar-refractivity contribution in [3.05, 3.63) is 29.8 Å². The van der Waals surface area contributed by atoms with Crippen LogP contribution >= 0.6 is 11.8 Å². The zero-order valence-corrected chi connectivity index (χ0v) is 13.7. The van der Waals surface area contributed by atoms with Crippen LogP contribution in [0.2, 0.25) is 0 Å². The fourth-order valence-electron chi connectivity index (χ4n) is 1.86. The molecule has 0 aromatic heterocycles. The van der Waals surface area contributed by atoms with Crippen LogP contribution in [0.25, 0.3) is 0 Å². The maximum atomic E-state index is 11.6. The number of rotatable bonds is 8. The average molecular weight is 294 g/mol. The standard InChI is InChI=1S/C16H26N2OS/c1-5-9-17-13(4)14-7-6-8-15(10-14)20-11-16(19)18-12(2)3/h6-8,10,12-13,17H,5,9,11H2,1-4H3,(H,18,19). The van der Waals surface area contributed by atoms with Crippen molar-refractivity contribution in [2.45, 2.75) is 51.1 Å². The summed E-state index contributed by atoms with van der Waals surface area (Å²) < 4.78 is 0. The SMILES string of the molecule is CCCNC(C)c1cccc(SCC(=O)NC(C)C)c1. The van der Waals surface area contributed by atoms with Crippen molar-refractivity contribution >= 4 is 17.7 Å². The van der Waals surface area contributed by atoms with Crippen LogP contribution in [-0.4, -0.2) is 24.2 Å². The summed E-state index contributed by atoms with van der Waals surface area (Å²) in [5.41, 5.74) is 1.27. The fraction of sp³-hybridized carbons (Fsp3) is 0.562. The molecule has 0 fully saturated rings. The highest BCUT2D eigenvalue weighted by Crippen LogP contribution is 2.22. The first kappa shape index (κ1) is 17.1. The van der Waals surface area contributed by atoms with Crippen molar-refractivity contribution < 1.29 is 4.79 Å². The van der Waals surface area contributed by atoms with Gasteiger partial charge in [-0.05, 0) is 51.4 Å². The molecule has 1 unspecified atom stereocenters. The summed E-state index contributed by atoms with van der Waals surface area (Å²) in [5.74, 6) is 0.561. The molecule has 1 aromatic rings. The van der Waals surface area contributed by atoms with Crippen molar-refractivity contribution in [1.29, 1.82) is 0 Å². The summed E-state index contributed by atoms with van der Waals surface area (Å²) in [5, 5.41) is 6.38. The van der Waals surface area contributed by atoms with Gasteiger partial charge in [0.15, 0.2) is 0 Å². The van der Waals surface area contributed by atoms with Crippen LogP contribution in [0, 0.1) is 0 Å². The molecule has 3 nitrogen and oxygen atoms in total. The predicted octanol–water partition coefficient (Wildman–Crippen LogP) is 3.36. The van der Waals surface area contributed by atoms with Crippen LogP contribution in [0.5, 0.6) is 0 Å². The molecule has 0 spiro atoms. The van der Waals surface area contributed by atoms with Gasteiger partial charge in [-0.1, -0.05) is 19.1 Å². The Labute approximate surface area is 126 Å². The topological polar surface area (TPSA) is 41.1 Å². The first-order valence-electron chi connectivity index (χ1n) is 7.28. The zero-order valence-electron chi connectivity index (χ0n) is 12.9. The highest BCUT2D eigenvalue weighted by molar-refractivity contribution is 8.00. The molecular formula is C16H26N2OS. The molecule has 0 saturated heterocycles. The predicted molar refractivity (Wildman–Crippen MR) is 87.2 cm³/mol. The minimum Gasteiger partial charge on any atom is -0.353 e. The quantitative estimate of drug-likeness (QED) is 0.722. The highest BCUT2D eigenvalue weighted by Gasteiger charge is 2.07. The summed E-state index contributed by atoms with van der Waals surface area (Å²) in [6, 6.07) is 8.96. The van der Waals surface area contributed by atoms with Gasteiger partial charge in [0.05, 0.1) is 5.75 Å². The van der Waals surface area contributed by atoms with Gasteiger partial charge in [-0.3, -0.25) is 4.79 Å². The number of carbonyl (C=O) groups excluding carboxylic acids is 1.